The van der Waals surface area contributed by atoms with Crippen molar-refractivity contribution in [1.29, 1.82) is 0 Å². The third-order valence-corrected chi connectivity index (χ3v) is 8.01. The van der Waals surface area contributed by atoms with E-state index in [1.807, 2.05) is 23.9 Å². The van der Waals surface area contributed by atoms with E-state index in [1.54, 1.807) is 0 Å². The number of alkyl halides is 3. The van der Waals surface area contributed by atoms with E-state index in [4.69, 9.17) is 19.1 Å². The molecule has 40 heavy (non-hydrogen) atoms. The quantitative estimate of drug-likeness (QED) is 0.382. The number of nitrogens with one attached hydrogen (secondary N) is 1. The number of piperazine rings is 1. The number of hydrogen-bond acceptors (Lipinski definition) is 8. The first-order chi connectivity index (χ1) is 19.7. The van der Waals surface area contributed by atoms with Crippen molar-refractivity contribution in [3.8, 4) is 23.0 Å². The molecule has 2 N–H and O–H groups in total. The predicted octanol–water partition coefficient (Wildman–Crippen LogP) is 4.87. The van der Waals surface area contributed by atoms with Crippen LogP contribution >= 0.6 is 11.6 Å². The van der Waals surface area contributed by atoms with Gasteiger partial charge in [0.15, 0.2) is 5.82 Å². The van der Waals surface area contributed by atoms with Crippen molar-refractivity contribution in [1.82, 2.24) is 25.2 Å². The number of piperidine rings is 2. The number of halogens is 5. The molecule has 2 bridgehead atoms. The second-order valence-electron chi connectivity index (χ2n) is 11.1. The Bertz CT molecular complexity index is 1550. The van der Waals surface area contributed by atoms with Gasteiger partial charge in [0.25, 0.3) is 0 Å². The first-order valence-corrected chi connectivity index (χ1v) is 13.4. The number of aromatic hydroxyl groups is 1. The topological polar surface area (TPSA) is 86.6 Å². The van der Waals surface area contributed by atoms with Crippen LogP contribution in [0.25, 0.3) is 22.2 Å². The standard InChI is InChI=1S/C27H29ClF4N6O2/c1-37(2)12-26(5-6-26)13-40-25-35-23-18(24(36-25)38-11-14-3-4-15(38)9-33-14)10-34-22(21(23)29)17-7-16(39)8-19(28)20(17)27(30,31)32/h7-8,10,14-15,33,39H,3-6,9,11-13H2,1-2H3/i13D2. The minimum Gasteiger partial charge on any atom is -0.508 e. The van der Waals surface area contributed by atoms with Crippen LogP contribution in [0.4, 0.5) is 23.4 Å². The Morgan fingerprint density at radius 2 is 2.05 bits per heavy atom. The molecule has 2 aromatic heterocycles. The molecule has 4 fully saturated rings. The van der Waals surface area contributed by atoms with E-state index in [2.05, 4.69) is 20.3 Å². The maximum Gasteiger partial charge on any atom is 0.418 e. The third kappa shape index (κ3) is 5.01. The monoisotopic (exact) mass is 582 g/mol. The van der Waals surface area contributed by atoms with E-state index in [0.29, 0.717) is 32.5 Å². The van der Waals surface area contributed by atoms with Gasteiger partial charge in [-0.3, -0.25) is 4.98 Å². The van der Waals surface area contributed by atoms with Gasteiger partial charge in [-0.15, -0.1) is 0 Å². The Morgan fingerprint density at radius 3 is 2.65 bits per heavy atom. The van der Waals surface area contributed by atoms with Crippen molar-refractivity contribution in [2.75, 3.05) is 45.2 Å². The zero-order chi connectivity index (χ0) is 30.2. The third-order valence-electron chi connectivity index (χ3n) is 7.71. The van der Waals surface area contributed by atoms with E-state index in [-0.39, 0.29) is 28.8 Å². The van der Waals surface area contributed by atoms with Gasteiger partial charge in [0, 0.05) is 48.9 Å². The smallest absolute Gasteiger partial charge is 0.418 e. The molecule has 7 rings (SSSR count). The molecule has 0 radical (unpaired) electrons. The lowest BCUT2D eigenvalue weighted by Crippen LogP contribution is -2.61. The number of phenolic OH excluding ortho intramolecular Hbond substituents is 1. The van der Waals surface area contributed by atoms with E-state index in [1.165, 1.54) is 6.20 Å². The summed E-state index contributed by atoms with van der Waals surface area (Å²) >= 11 is 5.85. The molecule has 3 saturated heterocycles. The molecule has 3 aromatic rings. The van der Waals surface area contributed by atoms with Gasteiger partial charge in [-0.1, -0.05) is 11.6 Å². The number of aromatic nitrogens is 3. The molecule has 3 aliphatic heterocycles. The Balaban J connectivity index is 1.53. The van der Waals surface area contributed by atoms with Gasteiger partial charge in [-0.25, -0.2) is 4.39 Å². The number of ether oxygens (including phenoxy) is 1. The molecule has 2 atom stereocenters. The van der Waals surface area contributed by atoms with Gasteiger partial charge in [0.05, 0.1) is 25.3 Å². The summed E-state index contributed by atoms with van der Waals surface area (Å²) in [4.78, 5) is 16.6. The molecule has 1 saturated carbocycles. The summed E-state index contributed by atoms with van der Waals surface area (Å²) in [5.74, 6) is -1.54. The first-order valence-electron chi connectivity index (χ1n) is 14.0. The Hall–Kier alpha value is -2.96. The lowest BCUT2D eigenvalue weighted by atomic mass is 9.93. The summed E-state index contributed by atoms with van der Waals surface area (Å²) in [6, 6.07) is 1.21. The molecule has 214 valence electrons. The average Bonchev–Trinajstić information content (AvgIpc) is 3.68. The maximum atomic E-state index is 16.3. The van der Waals surface area contributed by atoms with Gasteiger partial charge in [-0.05, 0) is 51.9 Å². The lowest BCUT2D eigenvalue weighted by Gasteiger charge is -2.46. The van der Waals surface area contributed by atoms with Crippen LogP contribution in [0.15, 0.2) is 18.3 Å². The van der Waals surface area contributed by atoms with E-state index in [9.17, 15) is 18.3 Å². The summed E-state index contributed by atoms with van der Waals surface area (Å²) < 4.78 is 81.6. The fourth-order valence-corrected chi connectivity index (χ4v) is 6.03. The van der Waals surface area contributed by atoms with Crippen LogP contribution in [-0.4, -0.2) is 77.3 Å². The number of benzene rings is 1. The highest BCUT2D eigenvalue weighted by Gasteiger charge is 2.44. The highest BCUT2D eigenvalue weighted by Crippen LogP contribution is 2.47. The number of anilines is 1. The summed E-state index contributed by atoms with van der Waals surface area (Å²) in [6.45, 7) is -0.608. The van der Waals surface area contributed by atoms with Gasteiger partial charge in [0.2, 0.25) is 0 Å². The van der Waals surface area contributed by atoms with E-state index < -0.39 is 57.6 Å². The largest absolute Gasteiger partial charge is 0.508 e. The molecule has 2 unspecified atom stereocenters. The molecule has 0 amide bonds. The lowest BCUT2D eigenvalue weighted by molar-refractivity contribution is -0.137. The Labute approximate surface area is 236 Å². The zero-order valence-electron chi connectivity index (χ0n) is 23.8. The summed E-state index contributed by atoms with van der Waals surface area (Å²) in [6.07, 6.45) is -0.851. The van der Waals surface area contributed by atoms with Crippen LogP contribution in [0.2, 0.25) is 5.02 Å². The Morgan fingerprint density at radius 1 is 1.27 bits per heavy atom. The number of phenols is 1. The minimum atomic E-state index is -4.98. The molecule has 1 aliphatic carbocycles. The summed E-state index contributed by atoms with van der Waals surface area (Å²) in [5.41, 5.74) is -4.03. The second kappa shape index (κ2) is 9.85. The fourth-order valence-electron chi connectivity index (χ4n) is 5.71. The molecule has 0 spiro atoms. The van der Waals surface area contributed by atoms with Gasteiger partial charge >= 0.3 is 12.2 Å². The minimum absolute atomic E-state index is 0.00525. The molecule has 8 nitrogen and oxygen atoms in total. The molecule has 4 aliphatic rings. The van der Waals surface area contributed by atoms with Crippen LogP contribution in [0, 0.1) is 11.2 Å². The van der Waals surface area contributed by atoms with Crippen LogP contribution in [0.1, 0.15) is 34.0 Å². The highest BCUT2D eigenvalue weighted by molar-refractivity contribution is 6.32. The number of hydrogen-bond donors (Lipinski definition) is 2. The number of pyridine rings is 1. The normalized spacial score (nSPS) is 22.9. The van der Waals surface area contributed by atoms with Crippen molar-refractivity contribution in [3.05, 3.63) is 34.7 Å². The predicted molar refractivity (Wildman–Crippen MR) is 142 cm³/mol. The van der Waals surface area contributed by atoms with Crippen LogP contribution in [-0.2, 0) is 6.18 Å². The van der Waals surface area contributed by atoms with Crippen molar-refractivity contribution in [3.63, 3.8) is 0 Å². The number of fused-ring (bicyclic) bond motifs is 4. The molecular formula is C27H29ClF4N6O2. The fraction of sp³-hybridized carbons (Fsp3) is 0.519. The van der Waals surface area contributed by atoms with Crippen LogP contribution in [0.5, 0.6) is 11.8 Å². The van der Waals surface area contributed by atoms with Crippen LogP contribution < -0.4 is 15.0 Å². The van der Waals surface area contributed by atoms with Crippen LogP contribution in [0.3, 0.4) is 0 Å². The average molecular weight is 583 g/mol. The van der Waals surface area contributed by atoms with Gasteiger partial charge < -0.3 is 25.0 Å². The summed E-state index contributed by atoms with van der Waals surface area (Å²) in [7, 11) is 3.65. The zero-order valence-corrected chi connectivity index (χ0v) is 22.6. The van der Waals surface area contributed by atoms with Gasteiger partial charge in [0.1, 0.15) is 22.8 Å². The first kappa shape index (κ1) is 24.8. The van der Waals surface area contributed by atoms with Crippen molar-refractivity contribution < 1.29 is 30.1 Å². The molecule has 1 aromatic carbocycles. The van der Waals surface area contributed by atoms with Crippen molar-refractivity contribution in [2.45, 2.75) is 43.9 Å². The van der Waals surface area contributed by atoms with Crippen molar-refractivity contribution >= 4 is 28.3 Å². The molecule has 13 heteroatoms. The SMILES string of the molecule is [2H]C([2H])(Oc1nc(N2CC3CCC2CN3)c2cnc(-c3cc(O)cc(Cl)c3C(F)(F)F)c(F)c2n1)C1(CN(C)C)CC1. The van der Waals surface area contributed by atoms with E-state index >= 15 is 4.39 Å². The molecule has 5 heterocycles. The second-order valence-corrected chi connectivity index (χ2v) is 11.5. The maximum absolute atomic E-state index is 16.3. The Kier molecular flexibility index (Phi) is 6.11. The number of nitrogens with zero attached hydrogens (tertiary/aromatic N) is 5. The van der Waals surface area contributed by atoms with E-state index in [0.717, 1.165) is 25.0 Å². The molecular weight excluding hydrogens is 552 g/mol. The highest BCUT2D eigenvalue weighted by atomic mass is 35.5. The van der Waals surface area contributed by atoms with Gasteiger partial charge in [-0.2, -0.15) is 23.1 Å². The number of rotatable bonds is 7. The summed E-state index contributed by atoms with van der Waals surface area (Å²) in [5, 5.41) is 12.8. The van der Waals surface area contributed by atoms with Crippen molar-refractivity contribution in [2.24, 2.45) is 5.41 Å².